The molecule has 0 bridgehead atoms. The first-order valence-electron chi connectivity index (χ1n) is 6.64. The van der Waals surface area contributed by atoms with Crippen molar-refractivity contribution in [1.29, 1.82) is 0 Å². The Balaban J connectivity index is 1.79. The molecule has 1 rings (SSSR count). The van der Waals surface area contributed by atoms with Crippen LogP contribution in [0, 0.1) is 5.92 Å². The van der Waals surface area contributed by atoms with E-state index < -0.39 is 0 Å². The summed E-state index contributed by atoms with van der Waals surface area (Å²) in [5.74, 6) is 0.506. The topological polar surface area (TPSA) is 44.8 Å². The molecule has 1 aliphatic rings. The highest BCUT2D eigenvalue weighted by atomic mass is 16.5. The van der Waals surface area contributed by atoms with Crippen LogP contribution in [0.1, 0.15) is 39.0 Å². The van der Waals surface area contributed by atoms with Gasteiger partial charge in [-0.3, -0.25) is 4.79 Å². The molecule has 1 atom stereocenters. The second-order valence-corrected chi connectivity index (χ2v) is 4.42. The Bertz CT molecular complexity index is 200. The molecule has 0 amide bonds. The smallest absolute Gasteiger partial charge is 0.305 e. The highest BCUT2D eigenvalue weighted by molar-refractivity contribution is 5.69. The molecule has 1 unspecified atom stereocenters. The second kappa shape index (κ2) is 9.42. The van der Waals surface area contributed by atoms with Crippen LogP contribution in [0.15, 0.2) is 0 Å². The van der Waals surface area contributed by atoms with Crippen LogP contribution < -0.4 is 0 Å². The van der Waals surface area contributed by atoms with Crippen molar-refractivity contribution < 1.29 is 19.0 Å². The average Bonchev–Trinajstić information content (AvgIpc) is 2.81. The molecule has 0 aromatic carbocycles. The van der Waals surface area contributed by atoms with Gasteiger partial charge in [0.1, 0.15) is 0 Å². The van der Waals surface area contributed by atoms with Crippen LogP contribution in [-0.2, 0) is 19.0 Å². The lowest BCUT2D eigenvalue weighted by Gasteiger charge is -2.08. The van der Waals surface area contributed by atoms with Crippen LogP contribution in [0.5, 0.6) is 0 Å². The first-order chi connectivity index (χ1) is 8.33. The third-order valence-electron chi connectivity index (χ3n) is 2.85. The van der Waals surface area contributed by atoms with Gasteiger partial charge < -0.3 is 14.2 Å². The average molecular weight is 244 g/mol. The molecule has 4 nitrogen and oxygen atoms in total. The minimum atomic E-state index is -0.0866. The number of hydrogen-bond donors (Lipinski definition) is 0. The monoisotopic (exact) mass is 244 g/mol. The van der Waals surface area contributed by atoms with Gasteiger partial charge in [-0.05, 0) is 26.2 Å². The maximum absolute atomic E-state index is 11.0. The summed E-state index contributed by atoms with van der Waals surface area (Å²) in [5.41, 5.74) is 0. The van der Waals surface area contributed by atoms with Crippen LogP contribution in [0.2, 0.25) is 0 Å². The zero-order valence-electron chi connectivity index (χ0n) is 10.8. The lowest BCUT2D eigenvalue weighted by molar-refractivity contribution is -0.143. The summed E-state index contributed by atoms with van der Waals surface area (Å²) < 4.78 is 15.7. The van der Waals surface area contributed by atoms with Crippen LogP contribution >= 0.6 is 0 Å². The highest BCUT2D eigenvalue weighted by Crippen LogP contribution is 2.12. The van der Waals surface area contributed by atoms with Gasteiger partial charge in [0.05, 0.1) is 19.8 Å². The number of carbonyl (C=O) groups excluding carboxylic acids is 1. The second-order valence-electron chi connectivity index (χ2n) is 4.42. The van der Waals surface area contributed by atoms with Crippen molar-refractivity contribution in [3.8, 4) is 0 Å². The summed E-state index contributed by atoms with van der Waals surface area (Å²) in [6.45, 7) is 5.65. The van der Waals surface area contributed by atoms with Crippen molar-refractivity contribution in [3.63, 3.8) is 0 Å². The predicted molar refractivity (Wildman–Crippen MR) is 64.8 cm³/mol. The van der Waals surface area contributed by atoms with Crippen LogP contribution in [0.3, 0.4) is 0 Å². The Hall–Kier alpha value is -0.610. The molecule has 1 aliphatic heterocycles. The molecule has 0 aromatic heterocycles. The van der Waals surface area contributed by atoms with E-state index >= 15 is 0 Å². The summed E-state index contributed by atoms with van der Waals surface area (Å²) in [4.78, 5) is 11.0. The molecule has 100 valence electrons. The predicted octanol–water partition coefficient (Wildman–Crippen LogP) is 2.16. The summed E-state index contributed by atoms with van der Waals surface area (Å²) in [7, 11) is 0. The van der Waals surface area contributed by atoms with Crippen molar-refractivity contribution in [2.24, 2.45) is 5.92 Å². The highest BCUT2D eigenvalue weighted by Gasteiger charge is 2.15. The lowest BCUT2D eigenvalue weighted by atomic mass is 10.1. The molecule has 0 radical (unpaired) electrons. The molecular formula is C13H24O4. The summed E-state index contributed by atoms with van der Waals surface area (Å²) in [6, 6.07) is 0. The van der Waals surface area contributed by atoms with Gasteiger partial charge in [-0.15, -0.1) is 0 Å². The number of unbranched alkanes of at least 4 members (excludes halogenated alkanes) is 2. The Kier molecular flexibility index (Phi) is 8.01. The molecule has 0 N–H and O–H groups in total. The zero-order valence-corrected chi connectivity index (χ0v) is 10.8. The Morgan fingerprint density at radius 1 is 1.35 bits per heavy atom. The molecule has 0 saturated carbocycles. The fourth-order valence-corrected chi connectivity index (χ4v) is 1.85. The van der Waals surface area contributed by atoms with Crippen molar-refractivity contribution in [2.75, 3.05) is 33.0 Å². The van der Waals surface area contributed by atoms with Crippen molar-refractivity contribution >= 4 is 5.97 Å². The van der Waals surface area contributed by atoms with Crippen LogP contribution in [0.25, 0.3) is 0 Å². The fraction of sp³-hybridized carbons (Fsp3) is 0.923. The molecule has 0 spiro atoms. The van der Waals surface area contributed by atoms with E-state index in [2.05, 4.69) is 0 Å². The number of rotatable bonds is 9. The minimum Gasteiger partial charge on any atom is -0.466 e. The van der Waals surface area contributed by atoms with Crippen molar-refractivity contribution in [2.45, 2.75) is 39.0 Å². The normalized spacial score (nSPS) is 19.5. The van der Waals surface area contributed by atoms with Gasteiger partial charge in [-0.25, -0.2) is 0 Å². The quantitative estimate of drug-likeness (QED) is 0.460. The van der Waals surface area contributed by atoms with E-state index in [1.807, 2.05) is 6.92 Å². The maximum atomic E-state index is 11.0. The van der Waals surface area contributed by atoms with E-state index in [1.54, 1.807) is 0 Å². The molecular weight excluding hydrogens is 220 g/mol. The van der Waals surface area contributed by atoms with Gasteiger partial charge in [0.25, 0.3) is 0 Å². The molecule has 1 fully saturated rings. The number of esters is 1. The van der Waals surface area contributed by atoms with E-state index in [4.69, 9.17) is 14.2 Å². The zero-order chi connectivity index (χ0) is 12.3. The Labute approximate surface area is 104 Å². The van der Waals surface area contributed by atoms with Crippen LogP contribution in [0.4, 0.5) is 0 Å². The van der Waals surface area contributed by atoms with Gasteiger partial charge in [0, 0.05) is 25.6 Å². The van der Waals surface area contributed by atoms with Gasteiger partial charge in [0.2, 0.25) is 0 Å². The lowest BCUT2D eigenvalue weighted by Crippen LogP contribution is -2.10. The van der Waals surface area contributed by atoms with Gasteiger partial charge in [-0.2, -0.15) is 0 Å². The third-order valence-corrected chi connectivity index (χ3v) is 2.85. The largest absolute Gasteiger partial charge is 0.466 e. The van der Waals surface area contributed by atoms with Crippen molar-refractivity contribution in [3.05, 3.63) is 0 Å². The summed E-state index contributed by atoms with van der Waals surface area (Å²) in [5, 5.41) is 0. The fourth-order valence-electron chi connectivity index (χ4n) is 1.85. The number of hydrogen-bond acceptors (Lipinski definition) is 4. The first kappa shape index (κ1) is 14.5. The number of ether oxygens (including phenoxy) is 3. The molecule has 0 aromatic rings. The van der Waals surface area contributed by atoms with E-state index in [0.29, 0.717) is 18.9 Å². The SMILES string of the molecule is CCOC(=O)CCCCCOCC1CCOC1. The molecule has 1 saturated heterocycles. The van der Waals surface area contributed by atoms with E-state index in [0.717, 1.165) is 52.1 Å². The van der Waals surface area contributed by atoms with E-state index in [1.165, 1.54) is 0 Å². The Morgan fingerprint density at radius 2 is 2.24 bits per heavy atom. The first-order valence-corrected chi connectivity index (χ1v) is 6.64. The van der Waals surface area contributed by atoms with Gasteiger partial charge >= 0.3 is 5.97 Å². The van der Waals surface area contributed by atoms with Gasteiger partial charge in [-0.1, -0.05) is 6.42 Å². The maximum Gasteiger partial charge on any atom is 0.305 e. The summed E-state index contributed by atoms with van der Waals surface area (Å²) >= 11 is 0. The molecule has 17 heavy (non-hydrogen) atoms. The standard InChI is InChI=1S/C13H24O4/c1-2-17-13(14)6-4-3-5-8-15-10-12-7-9-16-11-12/h12H,2-11H2,1H3. The molecule has 1 heterocycles. The van der Waals surface area contributed by atoms with Crippen molar-refractivity contribution in [1.82, 2.24) is 0 Å². The third kappa shape index (κ3) is 7.34. The minimum absolute atomic E-state index is 0.0866. The number of carbonyl (C=O) groups is 1. The van der Waals surface area contributed by atoms with E-state index in [-0.39, 0.29) is 5.97 Å². The van der Waals surface area contributed by atoms with E-state index in [9.17, 15) is 4.79 Å². The van der Waals surface area contributed by atoms with Gasteiger partial charge in [0.15, 0.2) is 0 Å². The Morgan fingerprint density at radius 3 is 2.94 bits per heavy atom. The van der Waals surface area contributed by atoms with Crippen LogP contribution in [-0.4, -0.2) is 39.0 Å². The summed E-state index contributed by atoms with van der Waals surface area (Å²) in [6.07, 6.45) is 4.61. The molecule has 0 aliphatic carbocycles. The molecule has 4 heteroatoms.